The van der Waals surface area contributed by atoms with Gasteiger partial charge in [0, 0.05) is 20.1 Å². The highest BCUT2D eigenvalue weighted by molar-refractivity contribution is 6.00. The van der Waals surface area contributed by atoms with Gasteiger partial charge in [0.25, 0.3) is 0 Å². The standard InChI is InChI=1S/C14H18FN3O3/c1-14(13(21)17-2)5-6-18(7-14)9-4-3-8(15)11(16)10(9)12(19)20/h3-4H,5-7,16H2,1-2H3,(H,17,21)(H,19,20). The fourth-order valence-corrected chi connectivity index (χ4v) is 2.72. The number of carboxylic acids is 1. The molecule has 0 aliphatic carbocycles. The van der Waals surface area contributed by atoms with Crippen LogP contribution in [0.2, 0.25) is 0 Å². The summed E-state index contributed by atoms with van der Waals surface area (Å²) in [5.41, 5.74) is 4.65. The maximum Gasteiger partial charge on any atom is 0.340 e. The number of halogens is 1. The van der Waals surface area contributed by atoms with Crippen LogP contribution in [0.4, 0.5) is 15.8 Å². The number of benzene rings is 1. The van der Waals surface area contributed by atoms with Crippen LogP contribution in [0.25, 0.3) is 0 Å². The highest BCUT2D eigenvalue weighted by Crippen LogP contribution is 2.37. The lowest BCUT2D eigenvalue weighted by molar-refractivity contribution is -0.128. The van der Waals surface area contributed by atoms with E-state index in [1.54, 1.807) is 11.9 Å². The Balaban J connectivity index is 2.39. The highest BCUT2D eigenvalue weighted by Gasteiger charge is 2.41. The summed E-state index contributed by atoms with van der Waals surface area (Å²) in [7, 11) is 1.56. The molecule has 0 spiro atoms. The van der Waals surface area contributed by atoms with Gasteiger partial charge in [-0.3, -0.25) is 4.79 Å². The second kappa shape index (κ2) is 5.23. The van der Waals surface area contributed by atoms with Gasteiger partial charge in [-0.2, -0.15) is 0 Å². The second-order valence-corrected chi connectivity index (χ2v) is 5.47. The first kappa shape index (κ1) is 15.1. The minimum Gasteiger partial charge on any atom is -0.478 e. The fraction of sp³-hybridized carbons (Fsp3) is 0.429. The molecule has 4 N–H and O–H groups in total. The number of amides is 1. The van der Waals surface area contributed by atoms with E-state index >= 15 is 0 Å². The molecule has 1 aromatic carbocycles. The number of anilines is 2. The molecule has 21 heavy (non-hydrogen) atoms. The monoisotopic (exact) mass is 295 g/mol. The first-order valence-corrected chi connectivity index (χ1v) is 6.58. The zero-order valence-corrected chi connectivity index (χ0v) is 11.9. The van der Waals surface area contributed by atoms with E-state index in [1.165, 1.54) is 6.07 Å². The molecule has 2 rings (SSSR count). The maximum atomic E-state index is 13.5. The van der Waals surface area contributed by atoms with Gasteiger partial charge < -0.3 is 21.1 Å². The lowest BCUT2D eigenvalue weighted by atomic mass is 9.89. The third kappa shape index (κ3) is 2.51. The molecule has 1 heterocycles. The lowest BCUT2D eigenvalue weighted by Crippen LogP contribution is -2.39. The fourth-order valence-electron chi connectivity index (χ4n) is 2.72. The van der Waals surface area contributed by atoms with Crippen LogP contribution in [-0.4, -0.2) is 37.1 Å². The van der Waals surface area contributed by atoms with Crippen LogP contribution in [0.1, 0.15) is 23.7 Å². The predicted octanol–water partition coefficient (Wildman–Crippen LogP) is 1.07. The highest BCUT2D eigenvalue weighted by atomic mass is 19.1. The number of aromatic carboxylic acids is 1. The van der Waals surface area contributed by atoms with Crippen molar-refractivity contribution in [3.63, 3.8) is 0 Å². The minimum atomic E-state index is -1.28. The average molecular weight is 295 g/mol. The van der Waals surface area contributed by atoms with Gasteiger partial charge in [0.1, 0.15) is 11.4 Å². The molecule has 1 unspecified atom stereocenters. The van der Waals surface area contributed by atoms with Gasteiger partial charge in [0.05, 0.1) is 16.8 Å². The average Bonchev–Trinajstić information content (AvgIpc) is 2.84. The van der Waals surface area contributed by atoms with Gasteiger partial charge in [-0.25, -0.2) is 9.18 Å². The number of nitrogens with zero attached hydrogens (tertiary/aromatic N) is 1. The number of nitrogen functional groups attached to an aromatic ring is 1. The predicted molar refractivity (Wildman–Crippen MR) is 76.8 cm³/mol. The summed E-state index contributed by atoms with van der Waals surface area (Å²) in [6.07, 6.45) is 0.586. The number of hydrogen-bond acceptors (Lipinski definition) is 4. The summed E-state index contributed by atoms with van der Waals surface area (Å²) in [6, 6.07) is 2.54. The zero-order chi connectivity index (χ0) is 15.8. The summed E-state index contributed by atoms with van der Waals surface area (Å²) in [4.78, 5) is 25.0. The van der Waals surface area contributed by atoms with E-state index in [2.05, 4.69) is 5.32 Å². The third-order valence-corrected chi connectivity index (χ3v) is 3.97. The Bertz CT molecular complexity index is 605. The Morgan fingerprint density at radius 2 is 2.14 bits per heavy atom. The molecule has 114 valence electrons. The zero-order valence-electron chi connectivity index (χ0n) is 11.9. The van der Waals surface area contributed by atoms with E-state index in [0.29, 0.717) is 25.2 Å². The van der Waals surface area contributed by atoms with Crippen molar-refractivity contribution in [3.05, 3.63) is 23.5 Å². The first-order chi connectivity index (χ1) is 9.80. The number of rotatable bonds is 3. The van der Waals surface area contributed by atoms with Gasteiger partial charge in [-0.1, -0.05) is 0 Å². The minimum absolute atomic E-state index is 0.100. The van der Waals surface area contributed by atoms with Crippen molar-refractivity contribution < 1.29 is 19.1 Å². The van der Waals surface area contributed by atoms with E-state index in [0.717, 1.165) is 6.07 Å². The molecule has 1 aromatic rings. The molecular weight excluding hydrogens is 277 g/mol. The summed E-state index contributed by atoms with van der Waals surface area (Å²) < 4.78 is 13.5. The molecule has 1 aliphatic heterocycles. The maximum absolute atomic E-state index is 13.5. The van der Waals surface area contributed by atoms with Gasteiger partial charge >= 0.3 is 5.97 Å². The Labute approximate surface area is 121 Å². The van der Waals surface area contributed by atoms with Crippen molar-refractivity contribution >= 4 is 23.3 Å². The van der Waals surface area contributed by atoms with E-state index < -0.39 is 17.2 Å². The quantitative estimate of drug-likeness (QED) is 0.725. The van der Waals surface area contributed by atoms with E-state index in [-0.39, 0.29) is 17.2 Å². The Morgan fingerprint density at radius 3 is 2.71 bits per heavy atom. The largest absolute Gasteiger partial charge is 0.478 e. The van der Waals surface area contributed by atoms with Gasteiger partial charge in [-0.05, 0) is 25.5 Å². The summed E-state index contributed by atoms with van der Waals surface area (Å²) in [5.74, 6) is -2.14. The van der Waals surface area contributed by atoms with Crippen LogP contribution in [0.3, 0.4) is 0 Å². The van der Waals surface area contributed by atoms with Crippen LogP contribution < -0.4 is 16.0 Å². The van der Waals surface area contributed by atoms with Crippen molar-refractivity contribution in [2.45, 2.75) is 13.3 Å². The number of nitrogens with one attached hydrogen (secondary N) is 1. The van der Waals surface area contributed by atoms with Crippen LogP contribution in [-0.2, 0) is 4.79 Å². The number of nitrogens with two attached hydrogens (primary N) is 1. The molecule has 7 heteroatoms. The SMILES string of the molecule is CNC(=O)C1(C)CCN(c2ccc(F)c(N)c2C(=O)O)C1. The Hall–Kier alpha value is -2.31. The molecular formula is C14H18FN3O3. The van der Waals surface area contributed by atoms with Crippen molar-refractivity contribution in [1.82, 2.24) is 5.32 Å². The van der Waals surface area contributed by atoms with Crippen LogP contribution in [0.15, 0.2) is 12.1 Å². The number of hydrogen-bond donors (Lipinski definition) is 3. The molecule has 0 radical (unpaired) electrons. The lowest BCUT2D eigenvalue weighted by Gasteiger charge is -2.25. The Kier molecular flexibility index (Phi) is 3.76. The molecule has 1 fully saturated rings. The molecule has 1 saturated heterocycles. The molecule has 1 atom stereocenters. The van der Waals surface area contributed by atoms with E-state index in [9.17, 15) is 19.1 Å². The summed E-state index contributed by atoms with van der Waals surface area (Å²) in [5, 5.41) is 11.9. The topological polar surface area (TPSA) is 95.7 Å². The molecule has 6 nitrogen and oxygen atoms in total. The second-order valence-electron chi connectivity index (χ2n) is 5.47. The number of carbonyl (C=O) groups excluding carboxylic acids is 1. The van der Waals surface area contributed by atoms with Crippen LogP contribution in [0.5, 0.6) is 0 Å². The first-order valence-electron chi connectivity index (χ1n) is 6.58. The molecule has 1 aliphatic rings. The van der Waals surface area contributed by atoms with Gasteiger partial charge in [-0.15, -0.1) is 0 Å². The van der Waals surface area contributed by atoms with Crippen molar-refractivity contribution in [3.8, 4) is 0 Å². The van der Waals surface area contributed by atoms with Crippen LogP contribution in [0, 0.1) is 11.2 Å². The third-order valence-electron chi connectivity index (χ3n) is 3.97. The van der Waals surface area contributed by atoms with Crippen molar-refractivity contribution in [2.24, 2.45) is 5.41 Å². The van der Waals surface area contributed by atoms with Crippen molar-refractivity contribution in [1.29, 1.82) is 0 Å². The summed E-state index contributed by atoms with van der Waals surface area (Å²) in [6.45, 7) is 2.69. The molecule has 1 amide bonds. The van der Waals surface area contributed by atoms with E-state index in [1.807, 2.05) is 6.92 Å². The van der Waals surface area contributed by atoms with E-state index in [4.69, 9.17) is 5.73 Å². The number of carbonyl (C=O) groups is 2. The number of carboxylic acid groups (broad SMARTS) is 1. The van der Waals surface area contributed by atoms with Gasteiger partial charge in [0.15, 0.2) is 0 Å². The molecule has 0 aromatic heterocycles. The van der Waals surface area contributed by atoms with Gasteiger partial charge in [0.2, 0.25) is 5.91 Å². The molecule has 0 saturated carbocycles. The van der Waals surface area contributed by atoms with Crippen LogP contribution >= 0.6 is 0 Å². The molecule has 0 bridgehead atoms. The van der Waals surface area contributed by atoms with Crippen molar-refractivity contribution in [2.75, 3.05) is 30.8 Å². The normalized spacial score (nSPS) is 21.4. The smallest absolute Gasteiger partial charge is 0.340 e. The Morgan fingerprint density at radius 1 is 1.48 bits per heavy atom. The summed E-state index contributed by atoms with van der Waals surface area (Å²) >= 11 is 0.